The summed E-state index contributed by atoms with van der Waals surface area (Å²) in [5.41, 5.74) is 0. The first kappa shape index (κ1) is 14.5. The van der Waals surface area contributed by atoms with Crippen LogP contribution >= 0.6 is 22.6 Å². The van der Waals surface area contributed by atoms with Gasteiger partial charge in [0, 0.05) is 30.7 Å². The Bertz CT molecular complexity index is 465. The summed E-state index contributed by atoms with van der Waals surface area (Å²) in [5, 5.41) is 3.42. The van der Waals surface area contributed by atoms with Crippen molar-refractivity contribution in [1.29, 1.82) is 0 Å². The van der Waals surface area contributed by atoms with E-state index >= 15 is 0 Å². The fourth-order valence-electron chi connectivity index (χ4n) is 3.57. The molecule has 2 aliphatic heterocycles. The summed E-state index contributed by atoms with van der Waals surface area (Å²) in [5.74, 6) is 2.61. The van der Waals surface area contributed by atoms with Crippen molar-refractivity contribution >= 4 is 28.4 Å². The molecule has 2 bridgehead atoms. The first-order chi connectivity index (χ1) is 9.69. The lowest BCUT2D eigenvalue weighted by Gasteiger charge is -2.35. The van der Waals surface area contributed by atoms with Crippen molar-refractivity contribution in [3.8, 4) is 0 Å². The Morgan fingerprint density at radius 1 is 1.35 bits per heavy atom. The van der Waals surface area contributed by atoms with Crippen molar-refractivity contribution in [1.82, 2.24) is 14.9 Å². The first-order valence-corrected chi connectivity index (χ1v) is 8.75. The molecule has 2 aliphatic rings. The fraction of sp³-hybridized carbons (Fsp3) is 0.733. The quantitative estimate of drug-likeness (QED) is 0.807. The second-order valence-electron chi connectivity index (χ2n) is 6.07. The van der Waals surface area contributed by atoms with Gasteiger partial charge in [0.25, 0.3) is 0 Å². The van der Waals surface area contributed by atoms with Gasteiger partial charge in [0.05, 0.1) is 3.57 Å². The van der Waals surface area contributed by atoms with Gasteiger partial charge in [0.1, 0.15) is 11.6 Å². The molecule has 2 unspecified atom stereocenters. The number of anilines is 1. The molecular formula is C15H23IN4. The summed E-state index contributed by atoms with van der Waals surface area (Å²) in [7, 11) is 2.28. The molecule has 2 atom stereocenters. The summed E-state index contributed by atoms with van der Waals surface area (Å²) >= 11 is 2.32. The second kappa shape index (κ2) is 6.13. The molecule has 3 heterocycles. The molecule has 0 spiro atoms. The van der Waals surface area contributed by atoms with Crippen molar-refractivity contribution in [2.24, 2.45) is 0 Å². The van der Waals surface area contributed by atoms with Crippen molar-refractivity contribution in [3.05, 3.63) is 15.6 Å². The Hall–Kier alpha value is -0.430. The molecule has 1 N–H and O–H groups in total. The minimum absolute atomic E-state index is 0.544. The van der Waals surface area contributed by atoms with E-state index in [1.807, 2.05) is 6.20 Å². The zero-order valence-corrected chi connectivity index (χ0v) is 14.4. The van der Waals surface area contributed by atoms with Gasteiger partial charge in [-0.05, 0) is 61.7 Å². The summed E-state index contributed by atoms with van der Waals surface area (Å²) in [6.07, 6.45) is 8.24. The van der Waals surface area contributed by atoms with Gasteiger partial charge >= 0.3 is 0 Å². The molecule has 0 saturated carbocycles. The highest BCUT2D eigenvalue weighted by atomic mass is 127. The van der Waals surface area contributed by atoms with Gasteiger partial charge in [0.15, 0.2) is 0 Å². The highest BCUT2D eigenvalue weighted by molar-refractivity contribution is 14.1. The first-order valence-electron chi connectivity index (χ1n) is 7.67. The Labute approximate surface area is 134 Å². The number of hydrogen-bond donors (Lipinski definition) is 1. The van der Waals surface area contributed by atoms with Crippen LogP contribution in [-0.4, -0.2) is 40.5 Å². The maximum Gasteiger partial charge on any atom is 0.143 e. The third-order valence-corrected chi connectivity index (χ3v) is 5.56. The molecule has 20 heavy (non-hydrogen) atoms. The summed E-state index contributed by atoms with van der Waals surface area (Å²) in [6, 6.07) is 1.49. The van der Waals surface area contributed by atoms with E-state index in [2.05, 4.69) is 51.8 Å². The second-order valence-corrected chi connectivity index (χ2v) is 7.23. The van der Waals surface area contributed by atoms with Gasteiger partial charge in [-0.15, -0.1) is 0 Å². The lowest BCUT2D eigenvalue weighted by molar-refractivity contribution is 0.159. The molecule has 2 saturated heterocycles. The predicted octanol–water partition coefficient (Wildman–Crippen LogP) is 3.24. The van der Waals surface area contributed by atoms with Crippen LogP contribution < -0.4 is 5.32 Å². The van der Waals surface area contributed by atoms with E-state index < -0.39 is 0 Å². The number of fused-ring (bicyclic) bond motifs is 2. The highest BCUT2D eigenvalue weighted by Gasteiger charge is 2.39. The van der Waals surface area contributed by atoms with E-state index in [0.717, 1.165) is 40.3 Å². The third kappa shape index (κ3) is 2.79. The van der Waals surface area contributed by atoms with Crippen LogP contribution in [0.25, 0.3) is 0 Å². The lowest BCUT2D eigenvalue weighted by atomic mass is 9.90. The van der Waals surface area contributed by atoms with Crippen LogP contribution in [0.2, 0.25) is 0 Å². The average molecular weight is 386 g/mol. The van der Waals surface area contributed by atoms with Gasteiger partial charge in [-0.2, -0.15) is 0 Å². The minimum Gasteiger partial charge on any atom is -0.369 e. The molecule has 2 fully saturated rings. The molecule has 1 aromatic rings. The average Bonchev–Trinajstić information content (AvgIpc) is 2.67. The van der Waals surface area contributed by atoms with Gasteiger partial charge in [-0.1, -0.05) is 6.92 Å². The maximum absolute atomic E-state index is 4.81. The lowest BCUT2D eigenvalue weighted by Crippen LogP contribution is -2.39. The highest BCUT2D eigenvalue weighted by Crippen LogP contribution is 2.41. The van der Waals surface area contributed by atoms with Crippen molar-refractivity contribution in [3.63, 3.8) is 0 Å². The standard InChI is InChI=1S/C15H23IN4/c1-3-6-17-15-13(16)9-18-14(19-15)10-7-11-4-5-12(8-10)20(11)2/h9-12H,3-8H2,1-2H3,(H,17,18,19). The van der Waals surface area contributed by atoms with Crippen LogP contribution in [0.1, 0.15) is 50.8 Å². The number of aromatic nitrogens is 2. The zero-order chi connectivity index (χ0) is 14.1. The Balaban J connectivity index is 1.77. The molecule has 4 nitrogen and oxygen atoms in total. The molecule has 0 amide bonds. The van der Waals surface area contributed by atoms with Gasteiger partial charge < -0.3 is 10.2 Å². The third-order valence-electron chi connectivity index (χ3n) is 4.77. The van der Waals surface area contributed by atoms with Crippen molar-refractivity contribution < 1.29 is 0 Å². The zero-order valence-electron chi connectivity index (χ0n) is 12.3. The van der Waals surface area contributed by atoms with Crippen LogP contribution in [0.15, 0.2) is 6.20 Å². The van der Waals surface area contributed by atoms with Crippen molar-refractivity contribution in [2.75, 3.05) is 18.9 Å². The molecule has 0 radical (unpaired) electrons. The van der Waals surface area contributed by atoms with E-state index in [1.165, 1.54) is 25.7 Å². The van der Waals surface area contributed by atoms with Gasteiger partial charge in [-0.3, -0.25) is 0 Å². The number of piperidine rings is 1. The summed E-state index contributed by atoms with van der Waals surface area (Å²) < 4.78 is 1.12. The monoisotopic (exact) mass is 386 g/mol. The number of nitrogens with zero attached hydrogens (tertiary/aromatic N) is 3. The Morgan fingerprint density at radius 2 is 2.05 bits per heavy atom. The number of hydrogen-bond acceptors (Lipinski definition) is 4. The smallest absolute Gasteiger partial charge is 0.143 e. The number of nitrogens with one attached hydrogen (secondary N) is 1. The molecule has 0 aromatic carbocycles. The predicted molar refractivity (Wildman–Crippen MR) is 90.1 cm³/mol. The van der Waals surface area contributed by atoms with Crippen LogP contribution in [0.5, 0.6) is 0 Å². The van der Waals surface area contributed by atoms with Gasteiger partial charge in [0.2, 0.25) is 0 Å². The molecule has 1 aromatic heterocycles. The summed E-state index contributed by atoms with van der Waals surface area (Å²) in [6.45, 7) is 3.15. The topological polar surface area (TPSA) is 41.1 Å². The SMILES string of the molecule is CCCNc1nc(C2CC3CCC(C2)N3C)ncc1I. The molecular weight excluding hydrogens is 363 g/mol. The van der Waals surface area contributed by atoms with E-state index in [-0.39, 0.29) is 0 Å². The summed E-state index contributed by atoms with van der Waals surface area (Å²) in [4.78, 5) is 12.0. The van der Waals surface area contributed by atoms with E-state index in [9.17, 15) is 0 Å². The molecule has 3 rings (SSSR count). The maximum atomic E-state index is 4.81. The Morgan fingerprint density at radius 3 is 2.70 bits per heavy atom. The van der Waals surface area contributed by atoms with Crippen LogP contribution in [0.3, 0.4) is 0 Å². The minimum atomic E-state index is 0.544. The number of rotatable bonds is 4. The molecule has 0 aliphatic carbocycles. The van der Waals surface area contributed by atoms with Crippen LogP contribution in [0.4, 0.5) is 5.82 Å². The van der Waals surface area contributed by atoms with E-state index in [4.69, 9.17) is 4.98 Å². The normalized spacial score (nSPS) is 29.6. The van der Waals surface area contributed by atoms with Gasteiger partial charge in [-0.25, -0.2) is 9.97 Å². The van der Waals surface area contributed by atoms with Crippen LogP contribution in [-0.2, 0) is 0 Å². The Kier molecular flexibility index (Phi) is 4.45. The van der Waals surface area contributed by atoms with E-state index in [0.29, 0.717) is 5.92 Å². The van der Waals surface area contributed by atoms with Crippen LogP contribution in [0, 0.1) is 3.57 Å². The fourth-order valence-corrected chi connectivity index (χ4v) is 4.02. The molecule has 5 heteroatoms. The number of halogens is 1. The largest absolute Gasteiger partial charge is 0.369 e. The van der Waals surface area contributed by atoms with Crippen molar-refractivity contribution in [2.45, 2.75) is 57.0 Å². The van der Waals surface area contributed by atoms with E-state index in [1.54, 1.807) is 0 Å². The molecule has 110 valence electrons.